The molecule has 1 saturated heterocycles. The van der Waals surface area contributed by atoms with E-state index in [2.05, 4.69) is 12.2 Å². The molecule has 3 nitrogen and oxygen atoms in total. The third kappa shape index (κ3) is 3.64. The minimum atomic E-state index is -0.853. The maximum atomic E-state index is 11.5. The van der Waals surface area contributed by atoms with Crippen LogP contribution in [-0.2, 0) is 0 Å². The molecule has 2 N–H and O–H groups in total. The number of thioether (sulfide) groups is 2. The van der Waals surface area contributed by atoms with Gasteiger partial charge in [0.1, 0.15) is 0 Å². The number of anilines is 1. The Kier molecular flexibility index (Phi) is 5.27. The van der Waals surface area contributed by atoms with Crippen molar-refractivity contribution in [3.63, 3.8) is 0 Å². The van der Waals surface area contributed by atoms with Crippen molar-refractivity contribution in [2.45, 2.75) is 36.3 Å². The molecule has 1 fully saturated rings. The zero-order chi connectivity index (χ0) is 14.6. The molecule has 1 aromatic rings. The van der Waals surface area contributed by atoms with E-state index in [1.165, 1.54) is 18.6 Å². The van der Waals surface area contributed by atoms with Crippen molar-refractivity contribution in [3.05, 3.63) is 23.8 Å². The fraction of sp³-hybridized carbons (Fsp3) is 0.533. The zero-order valence-electron chi connectivity index (χ0n) is 11.9. The van der Waals surface area contributed by atoms with Gasteiger partial charge in [-0.2, -0.15) is 11.8 Å². The van der Waals surface area contributed by atoms with Gasteiger partial charge in [-0.05, 0) is 43.4 Å². The lowest BCUT2D eigenvalue weighted by Gasteiger charge is -2.24. The second-order valence-electron chi connectivity index (χ2n) is 5.17. The molecule has 1 aliphatic heterocycles. The van der Waals surface area contributed by atoms with Gasteiger partial charge in [0, 0.05) is 21.9 Å². The summed E-state index contributed by atoms with van der Waals surface area (Å²) >= 11 is 3.55. The molecule has 1 unspecified atom stereocenters. The average molecular weight is 311 g/mol. The Balaban J connectivity index is 2.18. The SMILES string of the molecule is CCSc1cccc(NCC2(C)CCCS2)c1C(=O)O. The van der Waals surface area contributed by atoms with E-state index in [0.29, 0.717) is 5.56 Å². The molecule has 0 amide bonds. The Morgan fingerprint density at radius 2 is 2.35 bits per heavy atom. The molecule has 110 valence electrons. The van der Waals surface area contributed by atoms with Crippen LogP contribution in [0.5, 0.6) is 0 Å². The number of hydrogen-bond donors (Lipinski definition) is 2. The topological polar surface area (TPSA) is 49.3 Å². The van der Waals surface area contributed by atoms with Crippen LogP contribution in [0.3, 0.4) is 0 Å². The molecular formula is C15H21NO2S2. The monoisotopic (exact) mass is 311 g/mol. The normalized spacial score (nSPS) is 21.9. The number of hydrogen-bond acceptors (Lipinski definition) is 4. The standard InChI is InChI=1S/C15H21NO2S2/c1-3-19-12-7-4-6-11(13(12)14(17)18)16-10-15(2)8-5-9-20-15/h4,6-7,16H,3,5,8-10H2,1-2H3,(H,17,18). The summed E-state index contributed by atoms with van der Waals surface area (Å²) in [7, 11) is 0. The number of carboxylic acid groups (broad SMARTS) is 1. The highest BCUT2D eigenvalue weighted by Crippen LogP contribution is 2.38. The fourth-order valence-corrected chi connectivity index (χ4v) is 4.51. The molecule has 1 atom stereocenters. The van der Waals surface area contributed by atoms with Crippen LogP contribution >= 0.6 is 23.5 Å². The van der Waals surface area contributed by atoms with E-state index in [-0.39, 0.29) is 4.75 Å². The summed E-state index contributed by atoms with van der Waals surface area (Å²) in [6.45, 7) is 5.10. The van der Waals surface area contributed by atoms with Gasteiger partial charge in [-0.1, -0.05) is 13.0 Å². The highest BCUT2D eigenvalue weighted by Gasteiger charge is 2.29. The summed E-state index contributed by atoms with van der Waals surface area (Å²) in [5.74, 6) is 1.22. The van der Waals surface area contributed by atoms with Crippen molar-refractivity contribution in [1.82, 2.24) is 0 Å². The minimum Gasteiger partial charge on any atom is -0.478 e. The first-order valence-electron chi connectivity index (χ1n) is 6.93. The van der Waals surface area contributed by atoms with Gasteiger partial charge >= 0.3 is 5.97 Å². The average Bonchev–Trinajstić information content (AvgIpc) is 2.84. The number of benzene rings is 1. The quantitative estimate of drug-likeness (QED) is 0.771. The lowest BCUT2D eigenvalue weighted by molar-refractivity contribution is 0.0694. The summed E-state index contributed by atoms with van der Waals surface area (Å²) in [5, 5.41) is 12.8. The summed E-state index contributed by atoms with van der Waals surface area (Å²) in [5.41, 5.74) is 1.15. The van der Waals surface area contributed by atoms with Crippen molar-refractivity contribution < 1.29 is 9.90 Å². The Bertz CT molecular complexity index is 485. The van der Waals surface area contributed by atoms with Crippen LogP contribution in [0.4, 0.5) is 5.69 Å². The van der Waals surface area contributed by atoms with Crippen molar-refractivity contribution >= 4 is 35.2 Å². The highest BCUT2D eigenvalue weighted by molar-refractivity contribution is 8.00. The smallest absolute Gasteiger partial charge is 0.338 e. The van der Waals surface area contributed by atoms with Crippen LogP contribution in [0, 0.1) is 0 Å². The van der Waals surface area contributed by atoms with E-state index in [0.717, 1.165) is 22.9 Å². The lowest BCUT2D eigenvalue weighted by Crippen LogP contribution is -2.27. The summed E-state index contributed by atoms with van der Waals surface area (Å²) in [6, 6.07) is 5.68. The Hall–Kier alpha value is -0.810. The molecule has 0 spiro atoms. The molecule has 0 aromatic heterocycles. The van der Waals surface area contributed by atoms with Crippen LogP contribution in [0.15, 0.2) is 23.1 Å². The van der Waals surface area contributed by atoms with Crippen LogP contribution in [0.25, 0.3) is 0 Å². The van der Waals surface area contributed by atoms with Crippen LogP contribution in [0.2, 0.25) is 0 Å². The number of rotatable bonds is 6. The van der Waals surface area contributed by atoms with Gasteiger partial charge in [0.2, 0.25) is 0 Å². The highest BCUT2D eigenvalue weighted by atomic mass is 32.2. The van der Waals surface area contributed by atoms with Crippen molar-refractivity contribution in [1.29, 1.82) is 0 Å². The second-order valence-corrected chi connectivity index (χ2v) is 8.16. The van der Waals surface area contributed by atoms with Crippen LogP contribution in [-0.4, -0.2) is 33.9 Å². The van der Waals surface area contributed by atoms with Crippen molar-refractivity contribution in [2.24, 2.45) is 0 Å². The number of aromatic carboxylic acids is 1. The van der Waals surface area contributed by atoms with Gasteiger partial charge in [0.25, 0.3) is 0 Å². The van der Waals surface area contributed by atoms with Gasteiger partial charge in [-0.3, -0.25) is 0 Å². The van der Waals surface area contributed by atoms with E-state index in [1.807, 2.05) is 36.9 Å². The Morgan fingerprint density at radius 1 is 1.55 bits per heavy atom. The second kappa shape index (κ2) is 6.76. The maximum Gasteiger partial charge on any atom is 0.338 e. The van der Waals surface area contributed by atoms with Gasteiger partial charge < -0.3 is 10.4 Å². The largest absolute Gasteiger partial charge is 0.478 e. The maximum absolute atomic E-state index is 11.5. The third-order valence-electron chi connectivity index (χ3n) is 3.49. The van der Waals surface area contributed by atoms with E-state index >= 15 is 0 Å². The Morgan fingerprint density at radius 3 is 2.95 bits per heavy atom. The molecule has 0 radical (unpaired) electrons. The first-order chi connectivity index (χ1) is 9.56. The van der Waals surface area contributed by atoms with Crippen LogP contribution < -0.4 is 5.32 Å². The molecule has 1 aliphatic rings. The third-order valence-corrected chi connectivity index (χ3v) is 5.97. The minimum absolute atomic E-state index is 0.226. The molecular weight excluding hydrogens is 290 g/mol. The number of nitrogens with one attached hydrogen (secondary N) is 1. The zero-order valence-corrected chi connectivity index (χ0v) is 13.6. The van der Waals surface area contributed by atoms with E-state index in [9.17, 15) is 9.90 Å². The molecule has 0 saturated carbocycles. The predicted octanol–water partition coefficient (Wildman–Crippen LogP) is 4.19. The first-order valence-corrected chi connectivity index (χ1v) is 8.90. The van der Waals surface area contributed by atoms with Gasteiger partial charge in [-0.15, -0.1) is 11.8 Å². The number of carbonyl (C=O) groups is 1. The molecule has 0 aliphatic carbocycles. The van der Waals surface area contributed by atoms with E-state index < -0.39 is 5.97 Å². The van der Waals surface area contributed by atoms with Crippen LogP contribution in [0.1, 0.15) is 37.0 Å². The van der Waals surface area contributed by atoms with Gasteiger partial charge in [0.05, 0.1) is 5.56 Å². The fourth-order valence-electron chi connectivity index (χ4n) is 2.43. The molecule has 1 heterocycles. The molecule has 5 heteroatoms. The summed E-state index contributed by atoms with van der Waals surface area (Å²) in [4.78, 5) is 12.4. The Labute approximate surface area is 128 Å². The van der Waals surface area contributed by atoms with E-state index in [1.54, 1.807) is 11.8 Å². The van der Waals surface area contributed by atoms with Gasteiger partial charge in [0.15, 0.2) is 0 Å². The lowest BCUT2D eigenvalue weighted by atomic mass is 10.1. The molecule has 1 aromatic carbocycles. The molecule has 2 rings (SSSR count). The van der Waals surface area contributed by atoms with E-state index in [4.69, 9.17) is 0 Å². The predicted molar refractivity (Wildman–Crippen MR) is 88.4 cm³/mol. The van der Waals surface area contributed by atoms with Gasteiger partial charge in [-0.25, -0.2) is 4.79 Å². The summed E-state index contributed by atoms with van der Waals surface area (Å²) in [6.07, 6.45) is 2.44. The summed E-state index contributed by atoms with van der Waals surface area (Å²) < 4.78 is 0.226. The molecule has 0 bridgehead atoms. The van der Waals surface area contributed by atoms with Crippen molar-refractivity contribution in [3.8, 4) is 0 Å². The first kappa shape index (κ1) is 15.6. The van der Waals surface area contributed by atoms with Crippen molar-refractivity contribution in [2.75, 3.05) is 23.4 Å². The number of carboxylic acids is 1. The molecule has 20 heavy (non-hydrogen) atoms.